The first-order valence-corrected chi connectivity index (χ1v) is 8.49. The van der Waals surface area contributed by atoms with Crippen LogP contribution in [0.25, 0.3) is 0 Å². The number of hydrogen-bond acceptors (Lipinski definition) is 5. The molecule has 1 saturated heterocycles. The minimum Gasteiger partial charge on any atom is -0.377 e. The summed E-state index contributed by atoms with van der Waals surface area (Å²) in [5.41, 5.74) is 2.46. The number of aromatic nitrogens is 1. The fourth-order valence-electron chi connectivity index (χ4n) is 3.19. The van der Waals surface area contributed by atoms with Gasteiger partial charge in [0.05, 0.1) is 13.2 Å². The lowest BCUT2D eigenvalue weighted by Crippen LogP contribution is -2.29. The summed E-state index contributed by atoms with van der Waals surface area (Å²) in [5, 5.41) is 5.24. The molecule has 0 radical (unpaired) electrons. The largest absolute Gasteiger partial charge is 0.377 e. The van der Waals surface area contributed by atoms with Crippen LogP contribution in [-0.4, -0.2) is 44.4 Å². The Hall–Kier alpha value is -1.17. The SMILES string of the molecule is CON1CCCc2ccc(CCCCOC3CCNC3)nc21. The van der Waals surface area contributed by atoms with E-state index in [1.807, 2.05) is 5.06 Å². The molecule has 0 aliphatic carbocycles. The highest BCUT2D eigenvalue weighted by atomic mass is 16.7. The summed E-state index contributed by atoms with van der Waals surface area (Å²) in [6, 6.07) is 4.38. The fourth-order valence-corrected chi connectivity index (χ4v) is 3.19. The average molecular weight is 305 g/mol. The molecule has 1 aromatic heterocycles. The van der Waals surface area contributed by atoms with Crippen molar-refractivity contribution < 1.29 is 9.57 Å². The van der Waals surface area contributed by atoms with Crippen LogP contribution in [0.2, 0.25) is 0 Å². The molecule has 0 aromatic carbocycles. The molecule has 3 heterocycles. The van der Waals surface area contributed by atoms with E-state index in [0.717, 1.165) is 76.3 Å². The zero-order valence-electron chi connectivity index (χ0n) is 13.5. The summed E-state index contributed by atoms with van der Waals surface area (Å²) in [5.74, 6) is 1.01. The lowest BCUT2D eigenvalue weighted by Gasteiger charge is -2.27. The summed E-state index contributed by atoms with van der Waals surface area (Å²) in [4.78, 5) is 10.2. The van der Waals surface area contributed by atoms with Gasteiger partial charge in [-0.15, -0.1) is 0 Å². The van der Waals surface area contributed by atoms with E-state index in [0.29, 0.717) is 6.10 Å². The van der Waals surface area contributed by atoms with Crippen LogP contribution in [0.5, 0.6) is 0 Å². The molecular formula is C17H27N3O2. The number of anilines is 1. The van der Waals surface area contributed by atoms with Crippen molar-refractivity contribution in [1.29, 1.82) is 0 Å². The summed E-state index contributed by atoms with van der Waals surface area (Å²) in [6.07, 6.45) is 7.05. The van der Waals surface area contributed by atoms with Crippen molar-refractivity contribution in [3.63, 3.8) is 0 Å². The normalized spacial score (nSPS) is 21.1. The minimum atomic E-state index is 0.428. The molecule has 5 heteroatoms. The maximum Gasteiger partial charge on any atom is 0.155 e. The molecule has 1 N–H and O–H groups in total. The Labute approximate surface area is 133 Å². The molecule has 0 saturated carbocycles. The topological polar surface area (TPSA) is 46.6 Å². The quantitative estimate of drug-likeness (QED) is 0.782. The molecule has 2 aliphatic rings. The van der Waals surface area contributed by atoms with E-state index >= 15 is 0 Å². The van der Waals surface area contributed by atoms with Gasteiger partial charge in [0, 0.05) is 25.4 Å². The van der Waals surface area contributed by atoms with Gasteiger partial charge in [0.1, 0.15) is 0 Å². The fraction of sp³-hybridized carbons (Fsp3) is 0.706. The Morgan fingerprint density at radius 2 is 2.32 bits per heavy atom. The lowest BCUT2D eigenvalue weighted by atomic mass is 10.1. The average Bonchev–Trinajstić information content (AvgIpc) is 3.07. The number of unbranched alkanes of at least 4 members (excludes halogenated alkanes) is 1. The molecule has 5 nitrogen and oxygen atoms in total. The summed E-state index contributed by atoms with van der Waals surface area (Å²) in [6.45, 7) is 3.91. The van der Waals surface area contributed by atoms with Crippen LogP contribution < -0.4 is 10.4 Å². The third-order valence-corrected chi connectivity index (χ3v) is 4.47. The Balaban J connectivity index is 1.44. The predicted octanol–water partition coefficient (Wildman–Crippen LogP) is 2.10. The second-order valence-electron chi connectivity index (χ2n) is 6.12. The van der Waals surface area contributed by atoms with Crippen LogP contribution in [0.4, 0.5) is 5.82 Å². The number of aryl methyl sites for hydroxylation is 2. The molecular weight excluding hydrogens is 278 g/mol. The van der Waals surface area contributed by atoms with E-state index < -0.39 is 0 Å². The summed E-state index contributed by atoms with van der Waals surface area (Å²) in [7, 11) is 1.72. The molecule has 1 aromatic rings. The van der Waals surface area contributed by atoms with Crippen LogP contribution in [-0.2, 0) is 22.4 Å². The van der Waals surface area contributed by atoms with Gasteiger partial charge in [0.15, 0.2) is 5.82 Å². The molecule has 0 bridgehead atoms. The summed E-state index contributed by atoms with van der Waals surface area (Å²) < 4.78 is 5.85. The van der Waals surface area contributed by atoms with Gasteiger partial charge in [-0.2, -0.15) is 0 Å². The van der Waals surface area contributed by atoms with Crippen molar-refractivity contribution >= 4 is 5.82 Å². The van der Waals surface area contributed by atoms with E-state index in [2.05, 4.69) is 17.4 Å². The van der Waals surface area contributed by atoms with Crippen molar-refractivity contribution in [2.24, 2.45) is 0 Å². The second kappa shape index (κ2) is 7.90. The Morgan fingerprint density at radius 3 is 3.14 bits per heavy atom. The van der Waals surface area contributed by atoms with Gasteiger partial charge < -0.3 is 10.1 Å². The van der Waals surface area contributed by atoms with Gasteiger partial charge in [0.2, 0.25) is 0 Å². The van der Waals surface area contributed by atoms with Gasteiger partial charge in [-0.1, -0.05) is 6.07 Å². The van der Waals surface area contributed by atoms with Crippen LogP contribution >= 0.6 is 0 Å². The highest BCUT2D eigenvalue weighted by Crippen LogP contribution is 2.25. The van der Waals surface area contributed by atoms with Crippen LogP contribution in [0, 0.1) is 0 Å². The molecule has 1 fully saturated rings. The van der Waals surface area contributed by atoms with E-state index in [9.17, 15) is 0 Å². The molecule has 2 aliphatic heterocycles. The number of hydroxylamine groups is 1. The van der Waals surface area contributed by atoms with Crippen molar-refractivity contribution in [3.05, 3.63) is 23.4 Å². The molecule has 22 heavy (non-hydrogen) atoms. The summed E-state index contributed by atoms with van der Waals surface area (Å²) >= 11 is 0. The number of nitrogens with zero attached hydrogens (tertiary/aromatic N) is 2. The third-order valence-electron chi connectivity index (χ3n) is 4.47. The van der Waals surface area contributed by atoms with E-state index in [-0.39, 0.29) is 0 Å². The zero-order chi connectivity index (χ0) is 15.2. The monoisotopic (exact) mass is 305 g/mol. The Morgan fingerprint density at radius 1 is 1.36 bits per heavy atom. The molecule has 3 rings (SSSR count). The van der Waals surface area contributed by atoms with E-state index in [4.69, 9.17) is 14.6 Å². The van der Waals surface area contributed by atoms with Crippen LogP contribution in [0.3, 0.4) is 0 Å². The number of rotatable bonds is 7. The van der Waals surface area contributed by atoms with Gasteiger partial charge in [0.25, 0.3) is 0 Å². The maximum absolute atomic E-state index is 5.85. The molecule has 1 unspecified atom stereocenters. The van der Waals surface area contributed by atoms with Gasteiger partial charge in [-0.3, -0.25) is 4.84 Å². The molecule has 0 amide bonds. The van der Waals surface area contributed by atoms with Crippen molar-refractivity contribution in [2.45, 2.75) is 44.6 Å². The van der Waals surface area contributed by atoms with E-state index in [1.54, 1.807) is 7.11 Å². The lowest BCUT2D eigenvalue weighted by molar-refractivity contribution is 0.0645. The number of pyridine rings is 1. The number of fused-ring (bicyclic) bond motifs is 1. The van der Waals surface area contributed by atoms with Crippen LogP contribution in [0.15, 0.2) is 12.1 Å². The first-order valence-electron chi connectivity index (χ1n) is 8.49. The van der Waals surface area contributed by atoms with Crippen molar-refractivity contribution in [2.75, 3.05) is 38.4 Å². The number of hydrogen-bond donors (Lipinski definition) is 1. The first-order chi connectivity index (χ1) is 10.9. The Kier molecular flexibility index (Phi) is 5.64. The second-order valence-corrected chi connectivity index (χ2v) is 6.12. The minimum absolute atomic E-state index is 0.428. The van der Waals surface area contributed by atoms with Crippen molar-refractivity contribution in [1.82, 2.24) is 10.3 Å². The Bertz CT molecular complexity index is 475. The van der Waals surface area contributed by atoms with Crippen molar-refractivity contribution in [3.8, 4) is 0 Å². The molecule has 122 valence electrons. The first kappa shape index (κ1) is 15.7. The smallest absolute Gasteiger partial charge is 0.155 e. The number of nitrogens with one attached hydrogen (secondary N) is 1. The highest BCUT2D eigenvalue weighted by molar-refractivity contribution is 5.47. The highest BCUT2D eigenvalue weighted by Gasteiger charge is 2.18. The zero-order valence-corrected chi connectivity index (χ0v) is 13.5. The van der Waals surface area contributed by atoms with E-state index in [1.165, 1.54) is 5.56 Å². The molecule has 0 spiro atoms. The van der Waals surface area contributed by atoms with Gasteiger partial charge in [-0.25, -0.2) is 10.0 Å². The maximum atomic E-state index is 5.85. The molecule has 1 atom stereocenters. The van der Waals surface area contributed by atoms with Gasteiger partial charge in [-0.05, 0) is 56.7 Å². The third kappa shape index (κ3) is 3.97. The number of ether oxygens (including phenoxy) is 1. The predicted molar refractivity (Wildman–Crippen MR) is 87.1 cm³/mol. The van der Waals surface area contributed by atoms with Crippen LogP contribution in [0.1, 0.15) is 36.9 Å². The van der Waals surface area contributed by atoms with Gasteiger partial charge >= 0.3 is 0 Å². The standard InChI is InChI=1S/C17H27N3O2/c1-21-20-11-4-5-14-7-8-15(19-17(14)20)6-2-3-12-22-16-9-10-18-13-16/h7-8,16,18H,2-6,9-13H2,1H3.